The second kappa shape index (κ2) is 2.11. The quantitative estimate of drug-likeness (QED) is 0.523. The molecular formula is C10H13N. The minimum atomic E-state index is 0.277. The van der Waals surface area contributed by atoms with Crippen molar-refractivity contribution in [3.8, 4) is 6.07 Å². The second-order valence-electron chi connectivity index (χ2n) is 3.83. The van der Waals surface area contributed by atoms with E-state index >= 15 is 0 Å². The molecule has 58 valence electrons. The van der Waals surface area contributed by atoms with Crippen LogP contribution >= 0.6 is 0 Å². The Morgan fingerprint density at radius 1 is 1.73 bits per heavy atom. The van der Waals surface area contributed by atoms with Crippen LogP contribution in [0.2, 0.25) is 0 Å². The zero-order valence-corrected chi connectivity index (χ0v) is 6.88. The molecule has 0 aliphatic heterocycles. The van der Waals surface area contributed by atoms with Crippen molar-refractivity contribution in [1.82, 2.24) is 0 Å². The molecule has 0 saturated heterocycles. The van der Waals surface area contributed by atoms with Gasteiger partial charge in [-0.05, 0) is 25.2 Å². The Labute approximate surface area is 67.7 Å². The normalized spacial score (nSPS) is 46.2. The van der Waals surface area contributed by atoms with E-state index in [1.165, 1.54) is 6.42 Å². The molecule has 2 aliphatic rings. The SMILES string of the molecule is CCC12C=CC(CC1C#N)C2. The predicted molar refractivity (Wildman–Crippen MR) is 43.7 cm³/mol. The molecule has 3 unspecified atom stereocenters. The van der Waals surface area contributed by atoms with Crippen LogP contribution in [0.3, 0.4) is 0 Å². The molecule has 1 nitrogen and oxygen atoms in total. The van der Waals surface area contributed by atoms with Crippen LogP contribution in [0.15, 0.2) is 12.2 Å². The van der Waals surface area contributed by atoms with Crippen molar-refractivity contribution in [2.45, 2.75) is 26.2 Å². The molecule has 2 rings (SSSR count). The van der Waals surface area contributed by atoms with Gasteiger partial charge in [-0.1, -0.05) is 19.1 Å². The molecule has 0 amide bonds. The molecule has 0 radical (unpaired) electrons. The summed E-state index contributed by atoms with van der Waals surface area (Å²) in [5, 5.41) is 8.90. The number of rotatable bonds is 1. The Kier molecular flexibility index (Phi) is 1.32. The molecule has 0 heterocycles. The van der Waals surface area contributed by atoms with E-state index in [0.29, 0.717) is 5.92 Å². The van der Waals surface area contributed by atoms with Crippen LogP contribution < -0.4 is 0 Å². The van der Waals surface area contributed by atoms with Crippen LogP contribution in [0.4, 0.5) is 0 Å². The van der Waals surface area contributed by atoms with E-state index in [4.69, 9.17) is 5.26 Å². The maximum atomic E-state index is 8.90. The first-order valence-electron chi connectivity index (χ1n) is 4.40. The highest BCUT2D eigenvalue weighted by Crippen LogP contribution is 2.54. The van der Waals surface area contributed by atoms with E-state index < -0.39 is 0 Å². The Morgan fingerprint density at radius 3 is 3.00 bits per heavy atom. The topological polar surface area (TPSA) is 23.8 Å². The third-order valence-corrected chi connectivity index (χ3v) is 3.39. The fourth-order valence-electron chi connectivity index (χ4n) is 2.60. The van der Waals surface area contributed by atoms with Gasteiger partial charge >= 0.3 is 0 Å². The molecule has 0 aromatic heterocycles. The van der Waals surface area contributed by atoms with E-state index in [0.717, 1.165) is 18.8 Å². The molecule has 1 fully saturated rings. The lowest BCUT2D eigenvalue weighted by molar-refractivity contribution is 0.323. The summed E-state index contributed by atoms with van der Waals surface area (Å²) in [6, 6.07) is 2.44. The minimum absolute atomic E-state index is 0.277. The molecule has 1 heteroatoms. The number of fused-ring (bicyclic) bond motifs is 2. The zero-order valence-electron chi connectivity index (χ0n) is 6.88. The summed E-state index contributed by atoms with van der Waals surface area (Å²) in [7, 11) is 0. The van der Waals surface area contributed by atoms with Crippen molar-refractivity contribution in [2.75, 3.05) is 0 Å². The zero-order chi connectivity index (χ0) is 7.90. The summed E-state index contributed by atoms with van der Waals surface area (Å²) in [4.78, 5) is 0. The standard InChI is InChI=1S/C10H13N/c1-2-10-4-3-8(6-10)5-9(10)7-11/h3-4,8-9H,2,5-6H2,1H3. The molecule has 0 aromatic rings. The van der Waals surface area contributed by atoms with Crippen molar-refractivity contribution >= 4 is 0 Å². The Hall–Kier alpha value is -0.770. The van der Waals surface area contributed by atoms with Crippen LogP contribution in [0.5, 0.6) is 0 Å². The van der Waals surface area contributed by atoms with E-state index in [1.54, 1.807) is 0 Å². The highest BCUT2D eigenvalue weighted by Gasteiger charge is 2.47. The molecule has 1 saturated carbocycles. The van der Waals surface area contributed by atoms with Gasteiger partial charge in [0.05, 0.1) is 12.0 Å². The number of nitrogens with zero attached hydrogens (tertiary/aromatic N) is 1. The summed E-state index contributed by atoms with van der Waals surface area (Å²) in [6.07, 6.45) is 8.08. The van der Waals surface area contributed by atoms with Gasteiger partial charge in [-0.2, -0.15) is 5.26 Å². The Morgan fingerprint density at radius 2 is 2.55 bits per heavy atom. The van der Waals surface area contributed by atoms with Crippen molar-refractivity contribution < 1.29 is 0 Å². The number of allylic oxidation sites excluding steroid dienone is 2. The number of hydrogen-bond donors (Lipinski definition) is 0. The molecule has 2 aliphatic carbocycles. The van der Waals surface area contributed by atoms with Gasteiger partial charge in [-0.15, -0.1) is 0 Å². The molecule has 0 aromatic carbocycles. The lowest BCUT2D eigenvalue weighted by Gasteiger charge is -2.25. The summed E-state index contributed by atoms with van der Waals surface area (Å²) < 4.78 is 0. The maximum Gasteiger partial charge on any atom is 0.0665 e. The highest BCUT2D eigenvalue weighted by atomic mass is 14.5. The third kappa shape index (κ3) is 0.758. The van der Waals surface area contributed by atoms with Gasteiger partial charge in [0, 0.05) is 5.41 Å². The predicted octanol–water partition coefficient (Wildman–Crippen LogP) is 2.50. The van der Waals surface area contributed by atoms with Gasteiger partial charge in [0.25, 0.3) is 0 Å². The average Bonchev–Trinajstić information content (AvgIpc) is 2.60. The lowest BCUT2D eigenvalue weighted by Crippen LogP contribution is -2.20. The highest BCUT2D eigenvalue weighted by molar-refractivity contribution is 5.22. The summed E-state index contributed by atoms with van der Waals surface area (Å²) in [5.74, 6) is 1.03. The fourth-order valence-corrected chi connectivity index (χ4v) is 2.60. The first-order valence-corrected chi connectivity index (χ1v) is 4.40. The van der Waals surface area contributed by atoms with E-state index in [2.05, 4.69) is 25.1 Å². The lowest BCUT2D eigenvalue weighted by atomic mass is 9.77. The molecule has 11 heavy (non-hydrogen) atoms. The van der Waals surface area contributed by atoms with Crippen LogP contribution in [0.25, 0.3) is 0 Å². The van der Waals surface area contributed by atoms with Gasteiger partial charge in [0.1, 0.15) is 0 Å². The average molecular weight is 147 g/mol. The van der Waals surface area contributed by atoms with Gasteiger partial charge in [0.15, 0.2) is 0 Å². The van der Waals surface area contributed by atoms with E-state index in [9.17, 15) is 0 Å². The summed E-state index contributed by atoms with van der Waals surface area (Å²) in [5.41, 5.74) is 0.277. The number of hydrogen-bond acceptors (Lipinski definition) is 1. The first kappa shape index (κ1) is 6.91. The minimum Gasteiger partial charge on any atom is -0.198 e. The second-order valence-corrected chi connectivity index (χ2v) is 3.83. The van der Waals surface area contributed by atoms with Crippen molar-refractivity contribution in [2.24, 2.45) is 17.3 Å². The third-order valence-electron chi connectivity index (χ3n) is 3.39. The van der Waals surface area contributed by atoms with E-state index in [1.807, 2.05) is 0 Å². The van der Waals surface area contributed by atoms with Crippen LogP contribution in [-0.2, 0) is 0 Å². The smallest absolute Gasteiger partial charge is 0.0665 e. The first-order chi connectivity index (χ1) is 5.30. The van der Waals surface area contributed by atoms with Gasteiger partial charge in [0.2, 0.25) is 0 Å². The van der Waals surface area contributed by atoms with Gasteiger partial charge < -0.3 is 0 Å². The maximum absolute atomic E-state index is 8.90. The Bertz CT molecular complexity index is 236. The molecule has 0 N–H and O–H groups in total. The molecule has 3 atom stereocenters. The fraction of sp³-hybridized carbons (Fsp3) is 0.700. The number of nitriles is 1. The van der Waals surface area contributed by atoms with Crippen LogP contribution in [0, 0.1) is 28.6 Å². The van der Waals surface area contributed by atoms with E-state index in [-0.39, 0.29) is 5.41 Å². The monoisotopic (exact) mass is 147 g/mol. The van der Waals surface area contributed by atoms with Gasteiger partial charge in [-0.3, -0.25) is 0 Å². The molecular weight excluding hydrogens is 134 g/mol. The van der Waals surface area contributed by atoms with Gasteiger partial charge in [-0.25, -0.2) is 0 Å². The summed E-state index contributed by atoms with van der Waals surface area (Å²) in [6.45, 7) is 2.20. The van der Waals surface area contributed by atoms with Crippen LogP contribution in [-0.4, -0.2) is 0 Å². The molecule has 2 bridgehead atoms. The largest absolute Gasteiger partial charge is 0.198 e. The molecule has 0 spiro atoms. The Balaban J connectivity index is 2.31. The van der Waals surface area contributed by atoms with Crippen molar-refractivity contribution in [3.05, 3.63) is 12.2 Å². The van der Waals surface area contributed by atoms with Crippen molar-refractivity contribution in [3.63, 3.8) is 0 Å². The van der Waals surface area contributed by atoms with Crippen molar-refractivity contribution in [1.29, 1.82) is 5.26 Å². The summed E-state index contributed by atoms with van der Waals surface area (Å²) >= 11 is 0. The van der Waals surface area contributed by atoms with Crippen LogP contribution in [0.1, 0.15) is 26.2 Å².